The average Bonchev–Trinajstić information content (AvgIpc) is 1.77. The van der Waals surface area contributed by atoms with Crippen molar-refractivity contribution in [1.29, 1.82) is 0 Å². The van der Waals surface area contributed by atoms with E-state index in [0.717, 1.165) is 129 Å². The highest BCUT2D eigenvalue weighted by atomic mass is 32.2. The van der Waals surface area contributed by atoms with Gasteiger partial charge < -0.3 is 59.0 Å². The number of rotatable bonds is 24. The fourth-order valence-electron chi connectivity index (χ4n) is 12.4. The molecule has 0 saturated carbocycles. The maximum atomic E-state index is 13.0. The van der Waals surface area contributed by atoms with Crippen molar-refractivity contribution in [3.05, 3.63) is 189 Å². The van der Waals surface area contributed by atoms with Crippen LogP contribution in [0.2, 0.25) is 0 Å². The first kappa shape index (κ1) is 76.5. The van der Waals surface area contributed by atoms with Gasteiger partial charge in [-0.2, -0.15) is 28.0 Å². The summed E-state index contributed by atoms with van der Waals surface area (Å²) in [5.74, 6) is 3.31. The second kappa shape index (κ2) is 33.7. The van der Waals surface area contributed by atoms with Crippen LogP contribution in [-0.2, 0) is 37.9 Å². The first-order valence-corrected chi connectivity index (χ1v) is 36.5. The lowest BCUT2D eigenvalue weighted by molar-refractivity contribution is 0.0898. The lowest BCUT2D eigenvalue weighted by Crippen LogP contribution is -2.36. The summed E-state index contributed by atoms with van der Waals surface area (Å²) < 4.78 is 61.1. The van der Waals surface area contributed by atoms with Crippen LogP contribution in [0.15, 0.2) is 177 Å². The smallest absolute Gasteiger partial charge is 0.308 e. The van der Waals surface area contributed by atoms with Crippen molar-refractivity contribution in [2.45, 2.75) is 32.4 Å². The summed E-state index contributed by atoms with van der Waals surface area (Å²) in [6, 6.07) is 34.4. The van der Waals surface area contributed by atoms with Gasteiger partial charge in [-0.1, -0.05) is 0 Å². The van der Waals surface area contributed by atoms with Crippen LogP contribution in [0.5, 0.6) is 28.7 Å². The summed E-state index contributed by atoms with van der Waals surface area (Å²) in [5, 5.41) is 29.5. The molecule has 0 radical (unpaired) electrons. The van der Waals surface area contributed by atoms with Crippen molar-refractivity contribution in [3.8, 4) is 62.5 Å². The number of nitrogens with zero attached hydrogens (tertiary/aromatic N) is 19. The minimum Gasteiger partial charge on any atom is -0.497 e. The maximum absolute atomic E-state index is 13.0. The molecule has 1 aliphatic rings. The fraction of sp³-hybridized carbons (Fsp3) is 0.295. The molecule has 7 aromatic heterocycles. The molecule has 14 rings (SSSR count). The predicted molar refractivity (Wildman–Crippen MR) is 421 cm³/mol. The van der Waals surface area contributed by atoms with Gasteiger partial charge in [0.15, 0.2) is 0 Å². The van der Waals surface area contributed by atoms with Crippen molar-refractivity contribution in [2.75, 3.05) is 117 Å². The van der Waals surface area contributed by atoms with Crippen LogP contribution >= 0.6 is 0 Å². The molecule has 1 fully saturated rings. The van der Waals surface area contributed by atoms with Crippen molar-refractivity contribution in [3.63, 3.8) is 0 Å². The monoisotopic (exact) mass is 1500 g/mol. The number of benzene rings is 6. The van der Waals surface area contributed by atoms with Crippen molar-refractivity contribution < 1.29 is 42.0 Å². The van der Waals surface area contributed by atoms with Gasteiger partial charge in [0.1, 0.15) is 34.6 Å². The number of imidazole rings is 1. The lowest BCUT2D eigenvalue weighted by Gasteiger charge is -2.31. The Morgan fingerprint density at radius 2 is 0.963 bits per heavy atom. The molecule has 1 amide bonds. The molecule has 31 heteroatoms. The van der Waals surface area contributed by atoms with E-state index in [4.69, 9.17) is 38.6 Å². The summed E-state index contributed by atoms with van der Waals surface area (Å²) >= 11 is 0. The fourth-order valence-corrected chi connectivity index (χ4v) is 13.3. The normalized spacial score (nSPS) is 12.6. The van der Waals surface area contributed by atoms with Gasteiger partial charge in [0, 0.05) is 198 Å². The van der Waals surface area contributed by atoms with Crippen LogP contribution in [0.25, 0.3) is 66.9 Å². The summed E-state index contributed by atoms with van der Waals surface area (Å²) in [5.41, 5.74) is 13.8. The molecule has 0 bridgehead atoms. The molecule has 1 aliphatic heterocycles. The van der Waals surface area contributed by atoms with Gasteiger partial charge in [-0.25, -0.2) is 23.9 Å². The molecular formula is C78H89N21O9S. The third kappa shape index (κ3) is 18.5. The molecule has 30 nitrogen and oxygen atoms in total. The number of aliphatic hydroxyl groups is 1. The standard InChI is InChI=1S/C27H33N7O2.C26H28N8O4S.C25H28N6O3/c1-32-19-20(17-30-32)27-18-29-25-6-5-21(15-26(25)31-27)34(12-11-33-9-4-7-28-8-10-33)22-13-23(35-2)16-24(14-22)36-3;1-31(2)39(35,36)34-9-8-27-26(34)17-33(20-10-21(37-4)13-22(11-20)38-5)19-6-7-23-24(12-19)30-25(15-28-23)18-14-29-32(3)16-18;1-25(2,33)15-31(19-8-16(24(32)26-3)9-20(10-19)34-5)18-6-7-21-22(11-18)29-23(13-27-21)17-12-28-30(4)14-17/h5-6,13-19,28H,4,7-12H2,1-3H3;6-16H,17H2,1-5H3;6-14,33H,15H2,1-5H3,(H,26,32). The predicted octanol–water partition coefficient (Wildman–Crippen LogP) is 10.0. The Labute approximate surface area is 632 Å². The van der Waals surface area contributed by atoms with Crippen molar-refractivity contribution in [1.82, 2.24) is 88.0 Å². The number of carbonyl (C=O) groups excluding carboxylic acids is 1. The zero-order chi connectivity index (χ0) is 77.1. The van der Waals surface area contributed by atoms with E-state index in [1.54, 1.807) is 120 Å². The first-order valence-electron chi connectivity index (χ1n) is 35.1. The molecule has 1 saturated heterocycles. The Morgan fingerprint density at radius 1 is 0.532 bits per heavy atom. The van der Waals surface area contributed by atoms with Gasteiger partial charge in [-0.05, 0) is 100 Å². The molecule has 0 aliphatic carbocycles. The minimum absolute atomic E-state index is 0.123. The SMILES string of the molecule is CNC(=O)c1cc(OC)cc(N(CC(C)(C)O)c2ccc3ncc(-c4cnn(C)c4)nc3c2)c1.COc1cc(OC)cc(N(CCN2CCCNCC2)c2ccc3ncc(-c4cnn(C)c4)nc3c2)c1.COc1cc(OC)cc(N(Cc2nccn2S(=O)(=O)N(C)C)c2ccc3ncc(-c4cnn(C)c4)nc3c2)c1. The summed E-state index contributed by atoms with van der Waals surface area (Å²) in [7, 11) is 14.4. The second-order valence-electron chi connectivity index (χ2n) is 26.6. The van der Waals surface area contributed by atoms with Crippen LogP contribution in [0.4, 0.5) is 34.1 Å². The number of nitrogens with one attached hydrogen (secondary N) is 2. The highest BCUT2D eigenvalue weighted by Gasteiger charge is 2.27. The Bertz CT molecular complexity index is 5410. The molecule has 0 spiro atoms. The highest BCUT2D eigenvalue weighted by molar-refractivity contribution is 7.87. The molecule has 0 atom stereocenters. The summed E-state index contributed by atoms with van der Waals surface area (Å²) in [6.07, 6.45) is 20.3. The molecule has 0 unspecified atom stereocenters. The molecule has 109 heavy (non-hydrogen) atoms. The van der Waals surface area contributed by atoms with Crippen LogP contribution in [0.1, 0.15) is 36.5 Å². The molecular weight excluding hydrogens is 1410 g/mol. The number of ether oxygens (including phenoxy) is 5. The quantitative estimate of drug-likeness (QED) is 0.0506. The number of amides is 1. The van der Waals surface area contributed by atoms with Crippen molar-refractivity contribution >= 4 is 83.3 Å². The van der Waals surface area contributed by atoms with Crippen LogP contribution in [0.3, 0.4) is 0 Å². The number of methoxy groups -OCH3 is 5. The Morgan fingerprint density at radius 3 is 1.39 bits per heavy atom. The van der Waals surface area contributed by atoms with E-state index in [1.807, 2.05) is 122 Å². The van der Waals surface area contributed by atoms with Crippen molar-refractivity contribution in [2.24, 2.45) is 21.1 Å². The van der Waals surface area contributed by atoms with E-state index in [9.17, 15) is 18.3 Å². The molecule has 6 aromatic carbocycles. The lowest BCUT2D eigenvalue weighted by atomic mass is 10.1. The van der Waals surface area contributed by atoms with E-state index in [2.05, 4.69) is 79.9 Å². The van der Waals surface area contributed by atoms with E-state index in [-0.39, 0.29) is 19.0 Å². The zero-order valence-corrected chi connectivity index (χ0v) is 64.0. The van der Waals surface area contributed by atoms with E-state index < -0.39 is 15.8 Å². The average molecular weight is 1500 g/mol. The largest absolute Gasteiger partial charge is 0.497 e. The molecule has 3 N–H and O–H groups in total. The summed E-state index contributed by atoms with van der Waals surface area (Å²) in [6.45, 7) is 9.88. The minimum atomic E-state index is -3.79. The topological polar surface area (TPSA) is 306 Å². The molecule has 13 aromatic rings. The Balaban J connectivity index is 0.000000153. The van der Waals surface area contributed by atoms with Gasteiger partial charge >= 0.3 is 10.2 Å². The number of fused-ring (bicyclic) bond motifs is 3. The number of carbonyl (C=O) groups is 1. The third-order valence-electron chi connectivity index (χ3n) is 18.0. The van der Waals surface area contributed by atoms with E-state index in [0.29, 0.717) is 62.3 Å². The van der Waals surface area contributed by atoms with E-state index >= 15 is 0 Å². The molecule has 566 valence electrons. The highest BCUT2D eigenvalue weighted by Crippen LogP contribution is 2.39. The first-order chi connectivity index (χ1) is 52.5. The maximum Gasteiger partial charge on any atom is 0.308 e. The number of aryl methyl sites for hydroxylation is 3. The van der Waals surface area contributed by atoms with Gasteiger partial charge in [0.05, 0.1) is 142 Å². The van der Waals surface area contributed by atoms with Gasteiger partial charge in [-0.15, -0.1) is 0 Å². The third-order valence-corrected chi connectivity index (χ3v) is 19.8. The van der Waals surface area contributed by atoms with Crippen LogP contribution in [0, 0.1) is 0 Å². The number of anilines is 6. The second-order valence-corrected chi connectivity index (χ2v) is 28.7. The Kier molecular flexibility index (Phi) is 23.7. The number of aromatic nitrogens is 14. The summed E-state index contributed by atoms with van der Waals surface area (Å²) in [4.78, 5) is 53.7. The Hall–Kier alpha value is -12.2. The van der Waals surface area contributed by atoms with E-state index in [1.165, 1.54) is 30.5 Å². The molecule has 8 heterocycles. The van der Waals surface area contributed by atoms with Crippen LogP contribution < -0.4 is 49.0 Å². The number of hydrogen-bond acceptors (Lipinski definition) is 24. The van der Waals surface area contributed by atoms with Gasteiger partial charge in [-0.3, -0.25) is 33.8 Å². The van der Waals surface area contributed by atoms with Gasteiger partial charge in [0.25, 0.3) is 5.91 Å². The van der Waals surface area contributed by atoms with Crippen LogP contribution in [-0.4, -0.2) is 205 Å². The van der Waals surface area contributed by atoms with Gasteiger partial charge in [0.2, 0.25) is 0 Å². The zero-order valence-electron chi connectivity index (χ0n) is 63.2. The number of hydrogen-bond donors (Lipinski definition) is 3.